The quantitative estimate of drug-likeness (QED) is 0.842. The predicted molar refractivity (Wildman–Crippen MR) is 64.3 cm³/mol. The van der Waals surface area contributed by atoms with Crippen LogP contribution in [0.25, 0.3) is 0 Å². The maximum absolute atomic E-state index is 11.9. The van der Waals surface area contributed by atoms with Crippen LogP contribution in [0.5, 0.6) is 0 Å². The van der Waals surface area contributed by atoms with E-state index in [0.29, 0.717) is 18.6 Å². The Balaban J connectivity index is 2.78. The van der Waals surface area contributed by atoms with E-state index in [9.17, 15) is 4.79 Å². The minimum Gasteiger partial charge on any atom is -0.380 e. The van der Waals surface area contributed by atoms with Crippen molar-refractivity contribution in [3.8, 4) is 6.07 Å². The fourth-order valence-corrected chi connectivity index (χ4v) is 1.51. The van der Waals surface area contributed by atoms with Gasteiger partial charge in [-0.1, -0.05) is 18.2 Å². The van der Waals surface area contributed by atoms with E-state index in [2.05, 4.69) is 5.32 Å². The summed E-state index contributed by atoms with van der Waals surface area (Å²) in [6.45, 7) is 2.20. The second-order valence-corrected chi connectivity index (χ2v) is 3.83. The van der Waals surface area contributed by atoms with E-state index in [1.807, 2.05) is 24.3 Å². The summed E-state index contributed by atoms with van der Waals surface area (Å²) in [6.07, 6.45) is 0.304. The number of benzene rings is 1. The molecule has 0 spiro atoms. The molecule has 1 aromatic carbocycles. The van der Waals surface area contributed by atoms with Crippen LogP contribution in [0.1, 0.15) is 29.3 Å². The zero-order valence-electron chi connectivity index (χ0n) is 10.1. The number of nitrogens with one attached hydrogen (secondary N) is 1. The maximum Gasteiger partial charge on any atom is 0.251 e. The lowest BCUT2D eigenvalue weighted by molar-refractivity contribution is 0.0936. The molecular weight excluding hydrogens is 216 g/mol. The van der Waals surface area contributed by atoms with Gasteiger partial charge in [0.25, 0.3) is 5.91 Å². The molecule has 0 heterocycles. The Bertz CT molecular complexity index is 424. The van der Waals surface area contributed by atoms with Crippen molar-refractivity contribution in [2.24, 2.45) is 0 Å². The second-order valence-electron chi connectivity index (χ2n) is 3.83. The van der Waals surface area contributed by atoms with Gasteiger partial charge in [-0.25, -0.2) is 0 Å². The van der Waals surface area contributed by atoms with Crippen molar-refractivity contribution < 1.29 is 9.53 Å². The summed E-state index contributed by atoms with van der Waals surface area (Å²) in [4.78, 5) is 11.9. The summed E-state index contributed by atoms with van der Waals surface area (Å²) < 4.78 is 5.04. The first-order chi connectivity index (χ1) is 8.19. The van der Waals surface area contributed by atoms with Crippen LogP contribution in [0.4, 0.5) is 0 Å². The molecule has 0 aromatic heterocycles. The minimum atomic E-state index is -0.166. The van der Waals surface area contributed by atoms with Gasteiger partial charge in [0.1, 0.15) is 0 Å². The lowest BCUT2D eigenvalue weighted by Gasteiger charge is -2.12. The van der Waals surface area contributed by atoms with Gasteiger partial charge in [0.2, 0.25) is 0 Å². The van der Waals surface area contributed by atoms with Gasteiger partial charge in [-0.05, 0) is 18.6 Å². The molecule has 1 amide bonds. The number of carbonyl (C=O) groups is 1. The Morgan fingerprint density at radius 2 is 2.24 bits per heavy atom. The van der Waals surface area contributed by atoms with Gasteiger partial charge < -0.3 is 10.1 Å². The summed E-state index contributed by atoms with van der Waals surface area (Å²) in [5, 5.41) is 11.3. The molecule has 0 saturated carbocycles. The average Bonchev–Trinajstić information content (AvgIpc) is 2.30. The molecule has 0 aliphatic carbocycles. The van der Waals surface area contributed by atoms with Crippen molar-refractivity contribution in [2.75, 3.05) is 7.11 Å². The third-order valence-corrected chi connectivity index (χ3v) is 2.34. The van der Waals surface area contributed by atoms with Crippen LogP contribution in [-0.2, 0) is 11.3 Å². The van der Waals surface area contributed by atoms with Crippen LogP contribution in [0.2, 0.25) is 0 Å². The Hall–Kier alpha value is -1.86. The SMILES string of the molecule is COCc1ccccc1C(=O)NC(C)CC#N. The first kappa shape index (κ1) is 13.2. The third kappa shape index (κ3) is 3.89. The van der Waals surface area contributed by atoms with E-state index in [-0.39, 0.29) is 11.9 Å². The molecule has 17 heavy (non-hydrogen) atoms. The second kappa shape index (κ2) is 6.66. The van der Waals surface area contributed by atoms with E-state index < -0.39 is 0 Å². The number of ether oxygens (including phenoxy) is 1. The van der Waals surface area contributed by atoms with Gasteiger partial charge in [0.15, 0.2) is 0 Å². The number of methoxy groups -OCH3 is 1. The molecule has 1 atom stereocenters. The molecule has 0 aliphatic rings. The molecular formula is C13H16N2O2. The Labute approximate surface area is 101 Å². The van der Waals surface area contributed by atoms with E-state index in [1.165, 1.54) is 0 Å². The molecule has 1 aromatic rings. The van der Waals surface area contributed by atoms with Gasteiger partial charge in [-0.3, -0.25) is 4.79 Å². The number of hydrogen-bond donors (Lipinski definition) is 1. The molecule has 0 fully saturated rings. The summed E-state index contributed by atoms with van der Waals surface area (Å²) in [5.41, 5.74) is 1.44. The molecule has 4 nitrogen and oxygen atoms in total. The first-order valence-electron chi connectivity index (χ1n) is 5.43. The maximum atomic E-state index is 11.9. The predicted octanol–water partition coefficient (Wildman–Crippen LogP) is 1.86. The highest BCUT2D eigenvalue weighted by atomic mass is 16.5. The number of amides is 1. The van der Waals surface area contributed by atoms with Crippen LogP contribution in [-0.4, -0.2) is 19.1 Å². The molecule has 0 bridgehead atoms. The van der Waals surface area contributed by atoms with Crippen LogP contribution < -0.4 is 5.32 Å². The minimum absolute atomic E-state index is 0.150. The summed E-state index contributed by atoms with van der Waals surface area (Å²) >= 11 is 0. The van der Waals surface area contributed by atoms with Crippen molar-refractivity contribution in [1.29, 1.82) is 5.26 Å². The first-order valence-corrected chi connectivity index (χ1v) is 5.43. The average molecular weight is 232 g/mol. The van der Waals surface area contributed by atoms with Gasteiger partial charge >= 0.3 is 0 Å². The standard InChI is InChI=1S/C13H16N2O2/c1-10(7-8-14)15-13(16)12-6-4-3-5-11(12)9-17-2/h3-6,10H,7,9H2,1-2H3,(H,15,16). The normalized spacial score (nSPS) is 11.6. The molecule has 90 valence electrons. The van der Waals surface area contributed by atoms with E-state index in [4.69, 9.17) is 10.00 Å². The van der Waals surface area contributed by atoms with Gasteiger partial charge in [-0.2, -0.15) is 5.26 Å². The van der Waals surface area contributed by atoms with Gasteiger partial charge in [0, 0.05) is 18.7 Å². The van der Waals surface area contributed by atoms with Crippen LogP contribution in [0.15, 0.2) is 24.3 Å². The summed E-state index contributed by atoms with van der Waals surface area (Å²) in [5.74, 6) is -0.166. The van der Waals surface area contributed by atoms with E-state index in [0.717, 1.165) is 5.56 Å². The highest BCUT2D eigenvalue weighted by molar-refractivity contribution is 5.95. The van der Waals surface area contributed by atoms with Gasteiger partial charge in [-0.15, -0.1) is 0 Å². The van der Waals surface area contributed by atoms with Crippen molar-refractivity contribution in [3.63, 3.8) is 0 Å². The largest absolute Gasteiger partial charge is 0.380 e. The molecule has 0 aliphatic heterocycles. The molecule has 1 rings (SSSR count). The third-order valence-electron chi connectivity index (χ3n) is 2.34. The van der Waals surface area contributed by atoms with Crippen molar-refractivity contribution >= 4 is 5.91 Å². The molecule has 1 unspecified atom stereocenters. The molecule has 0 saturated heterocycles. The Kier molecular flexibility index (Phi) is 5.18. The molecule has 1 N–H and O–H groups in total. The monoisotopic (exact) mass is 232 g/mol. The Morgan fingerprint density at radius 1 is 1.53 bits per heavy atom. The Morgan fingerprint density at radius 3 is 2.88 bits per heavy atom. The number of hydrogen-bond acceptors (Lipinski definition) is 3. The van der Waals surface area contributed by atoms with Gasteiger partial charge in [0.05, 0.1) is 19.1 Å². The zero-order valence-corrected chi connectivity index (χ0v) is 10.1. The lowest BCUT2D eigenvalue weighted by atomic mass is 10.1. The molecule has 0 radical (unpaired) electrons. The van der Waals surface area contributed by atoms with Crippen molar-refractivity contribution in [2.45, 2.75) is 26.0 Å². The van der Waals surface area contributed by atoms with E-state index >= 15 is 0 Å². The number of rotatable bonds is 5. The van der Waals surface area contributed by atoms with Crippen LogP contribution in [0.3, 0.4) is 0 Å². The highest BCUT2D eigenvalue weighted by Crippen LogP contribution is 2.10. The number of carbonyl (C=O) groups excluding carboxylic acids is 1. The van der Waals surface area contributed by atoms with Crippen LogP contribution >= 0.6 is 0 Å². The van der Waals surface area contributed by atoms with Crippen molar-refractivity contribution in [3.05, 3.63) is 35.4 Å². The smallest absolute Gasteiger partial charge is 0.251 e. The van der Waals surface area contributed by atoms with Crippen LogP contribution in [0, 0.1) is 11.3 Å². The number of nitrogens with zero attached hydrogens (tertiary/aromatic N) is 1. The highest BCUT2D eigenvalue weighted by Gasteiger charge is 2.12. The fourth-order valence-electron chi connectivity index (χ4n) is 1.51. The van der Waals surface area contributed by atoms with E-state index in [1.54, 1.807) is 20.1 Å². The fraction of sp³-hybridized carbons (Fsp3) is 0.385. The summed E-state index contributed by atoms with van der Waals surface area (Å²) in [7, 11) is 1.59. The number of nitriles is 1. The topological polar surface area (TPSA) is 62.1 Å². The summed E-state index contributed by atoms with van der Waals surface area (Å²) in [6, 6.07) is 9.16. The zero-order chi connectivity index (χ0) is 12.7. The van der Waals surface area contributed by atoms with Crippen molar-refractivity contribution in [1.82, 2.24) is 5.32 Å². The lowest BCUT2D eigenvalue weighted by Crippen LogP contribution is -2.32. The molecule has 4 heteroatoms.